The summed E-state index contributed by atoms with van der Waals surface area (Å²) < 4.78 is 23.0. The lowest BCUT2D eigenvalue weighted by Crippen LogP contribution is -2.14. The van der Waals surface area contributed by atoms with Crippen LogP contribution in [0.5, 0.6) is 0 Å². The molecule has 0 bridgehead atoms. The van der Waals surface area contributed by atoms with E-state index >= 15 is 0 Å². The van der Waals surface area contributed by atoms with Gasteiger partial charge in [-0.25, -0.2) is 8.42 Å². The van der Waals surface area contributed by atoms with E-state index in [2.05, 4.69) is 0 Å². The van der Waals surface area contributed by atoms with Crippen molar-refractivity contribution in [3.8, 4) is 0 Å². The van der Waals surface area contributed by atoms with Crippen molar-refractivity contribution in [2.75, 3.05) is 12.4 Å². The molecule has 1 aromatic rings. The molecule has 0 spiro atoms. The molecule has 6 heteroatoms. The first kappa shape index (κ1) is 12.7. The second-order valence-electron chi connectivity index (χ2n) is 3.33. The average Bonchev–Trinajstić information content (AvgIpc) is 2.17. The average molecular weight is 243 g/mol. The first-order valence-electron chi connectivity index (χ1n) is 4.66. The Bertz CT molecular complexity index is 464. The zero-order valence-corrected chi connectivity index (χ0v) is 9.40. The molecule has 0 heterocycles. The highest BCUT2D eigenvalue weighted by Gasteiger charge is 2.13. The molecule has 3 N–H and O–H groups in total. The van der Waals surface area contributed by atoms with Crippen molar-refractivity contribution in [1.29, 1.82) is 0 Å². The Morgan fingerprint density at radius 3 is 2.25 bits per heavy atom. The van der Waals surface area contributed by atoms with E-state index in [-0.39, 0.29) is 17.1 Å². The summed E-state index contributed by atoms with van der Waals surface area (Å²) in [5.74, 6) is -0.770. The molecule has 0 aromatic heterocycles. The summed E-state index contributed by atoms with van der Waals surface area (Å²) in [5, 5.41) is 8.60. The maximum Gasteiger partial charge on any atom is 0.221 e. The van der Waals surface area contributed by atoms with Crippen LogP contribution in [0, 0.1) is 0 Å². The van der Waals surface area contributed by atoms with Crippen LogP contribution in [-0.2, 0) is 21.1 Å². The molecule has 1 rings (SSSR count). The van der Waals surface area contributed by atoms with Gasteiger partial charge < -0.3 is 10.8 Å². The third kappa shape index (κ3) is 3.32. The molecular formula is C10H13NO4S. The summed E-state index contributed by atoms with van der Waals surface area (Å²) in [4.78, 5) is 10.8. The Kier molecular flexibility index (Phi) is 4.03. The van der Waals surface area contributed by atoms with Gasteiger partial charge in [0.2, 0.25) is 5.91 Å². The van der Waals surface area contributed by atoms with Gasteiger partial charge in [0.05, 0.1) is 23.7 Å². The van der Waals surface area contributed by atoms with E-state index in [0.717, 1.165) is 0 Å². The van der Waals surface area contributed by atoms with E-state index in [1.165, 1.54) is 24.3 Å². The number of carbonyl (C=O) groups excluding carboxylic acids is 1. The van der Waals surface area contributed by atoms with E-state index in [9.17, 15) is 13.2 Å². The van der Waals surface area contributed by atoms with Crippen LogP contribution in [0.1, 0.15) is 5.56 Å². The highest BCUT2D eigenvalue weighted by atomic mass is 32.2. The Hall–Kier alpha value is -1.40. The van der Waals surface area contributed by atoms with Crippen molar-refractivity contribution in [3.05, 3.63) is 29.8 Å². The van der Waals surface area contributed by atoms with Crippen LogP contribution in [0.3, 0.4) is 0 Å². The second kappa shape index (κ2) is 5.09. The van der Waals surface area contributed by atoms with Gasteiger partial charge in [0, 0.05) is 0 Å². The minimum Gasteiger partial charge on any atom is -0.395 e. The molecule has 0 aliphatic heterocycles. The molecule has 5 nitrogen and oxygen atoms in total. The molecule has 0 aliphatic carbocycles. The fraction of sp³-hybridized carbons (Fsp3) is 0.300. The van der Waals surface area contributed by atoms with Gasteiger partial charge in [-0.1, -0.05) is 12.1 Å². The van der Waals surface area contributed by atoms with E-state index in [1.54, 1.807) is 0 Å². The van der Waals surface area contributed by atoms with Crippen molar-refractivity contribution >= 4 is 15.7 Å². The molecule has 0 aliphatic rings. The zero-order valence-electron chi connectivity index (χ0n) is 8.59. The van der Waals surface area contributed by atoms with Crippen LogP contribution < -0.4 is 5.73 Å². The van der Waals surface area contributed by atoms with Crippen LogP contribution in [0.2, 0.25) is 0 Å². The van der Waals surface area contributed by atoms with E-state index < -0.39 is 22.4 Å². The van der Waals surface area contributed by atoms with Crippen LogP contribution in [0.25, 0.3) is 0 Å². The zero-order chi connectivity index (χ0) is 12.2. The monoisotopic (exact) mass is 243 g/mol. The predicted molar refractivity (Wildman–Crippen MR) is 58.5 cm³/mol. The fourth-order valence-electron chi connectivity index (χ4n) is 1.25. The minimum absolute atomic E-state index is 0.0837. The number of aliphatic hydroxyl groups excluding tert-OH is 1. The molecule has 0 saturated heterocycles. The van der Waals surface area contributed by atoms with Crippen LogP contribution in [-0.4, -0.2) is 31.8 Å². The molecule has 0 saturated carbocycles. The largest absolute Gasteiger partial charge is 0.395 e. The quantitative estimate of drug-likeness (QED) is 0.727. The number of hydrogen-bond donors (Lipinski definition) is 2. The van der Waals surface area contributed by atoms with E-state index in [1.807, 2.05) is 0 Å². The Morgan fingerprint density at radius 2 is 1.81 bits per heavy atom. The summed E-state index contributed by atoms with van der Waals surface area (Å²) in [6, 6.07) is 5.89. The van der Waals surface area contributed by atoms with Gasteiger partial charge >= 0.3 is 0 Å². The van der Waals surface area contributed by atoms with Crippen LogP contribution in [0.15, 0.2) is 29.2 Å². The third-order valence-electron chi connectivity index (χ3n) is 2.02. The second-order valence-corrected chi connectivity index (χ2v) is 5.44. The molecule has 0 atom stereocenters. The van der Waals surface area contributed by atoms with Crippen molar-refractivity contribution in [3.63, 3.8) is 0 Å². The fourth-order valence-corrected chi connectivity index (χ4v) is 2.28. The number of carbonyl (C=O) groups is 1. The number of nitrogens with two attached hydrogens (primary N) is 1. The van der Waals surface area contributed by atoms with Crippen molar-refractivity contribution in [1.82, 2.24) is 0 Å². The summed E-state index contributed by atoms with van der Waals surface area (Å²) in [6.07, 6.45) is 0.0837. The van der Waals surface area contributed by atoms with Crippen molar-refractivity contribution < 1.29 is 18.3 Å². The van der Waals surface area contributed by atoms with Crippen molar-refractivity contribution in [2.24, 2.45) is 5.73 Å². The molecule has 0 radical (unpaired) electrons. The minimum atomic E-state index is -3.42. The van der Waals surface area contributed by atoms with E-state index in [4.69, 9.17) is 10.8 Å². The van der Waals surface area contributed by atoms with E-state index in [0.29, 0.717) is 5.56 Å². The maximum atomic E-state index is 11.5. The number of sulfone groups is 1. The number of amides is 1. The standard InChI is InChI=1S/C10H13NO4S/c11-10(13)7-8-1-3-9(4-2-8)16(14,15)6-5-12/h1-4,12H,5-7H2,(H2,11,13). The topological polar surface area (TPSA) is 97.5 Å². The van der Waals surface area contributed by atoms with Gasteiger partial charge in [-0.15, -0.1) is 0 Å². The molecule has 88 valence electrons. The van der Waals surface area contributed by atoms with Crippen LogP contribution in [0.4, 0.5) is 0 Å². The number of hydrogen-bond acceptors (Lipinski definition) is 4. The molecule has 1 aromatic carbocycles. The van der Waals surface area contributed by atoms with Gasteiger partial charge in [0.15, 0.2) is 9.84 Å². The van der Waals surface area contributed by atoms with Crippen LogP contribution >= 0.6 is 0 Å². The Morgan fingerprint density at radius 1 is 1.25 bits per heavy atom. The lowest BCUT2D eigenvalue weighted by Gasteiger charge is -2.03. The lowest BCUT2D eigenvalue weighted by atomic mass is 10.1. The predicted octanol–water partition coefficient (Wildman–Crippen LogP) is -0.520. The summed E-state index contributed by atoms with van der Waals surface area (Å²) in [5.41, 5.74) is 5.67. The highest BCUT2D eigenvalue weighted by Crippen LogP contribution is 2.12. The van der Waals surface area contributed by atoms with Gasteiger partial charge in [0.25, 0.3) is 0 Å². The Balaban J connectivity index is 2.91. The first-order valence-corrected chi connectivity index (χ1v) is 6.32. The third-order valence-corrected chi connectivity index (χ3v) is 3.73. The normalized spacial score (nSPS) is 11.3. The van der Waals surface area contributed by atoms with Gasteiger partial charge in [0.1, 0.15) is 0 Å². The molecule has 16 heavy (non-hydrogen) atoms. The van der Waals surface area contributed by atoms with Gasteiger partial charge in [-0.3, -0.25) is 4.79 Å². The summed E-state index contributed by atoms with van der Waals surface area (Å²) in [6.45, 7) is -0.411. The number of benzene rings is 1. The SMILES string of the molecule is NC(=O)Cc1ccc(S(=O)(=O)CCO)cc1. The molecule has 0 fully saturated rings. The molecular weight excluding hydrogens is 230 g/mol. The summed E-state index contributed by atoms with van der Waals surface area (Å²) >= 11 is 0. The van der Waals surface area contributed by atoms with Gasteiger partial charge in [-0.05, 0) is 17.7 Å². The smallest absolute Gasteiger partial charge is 0.221 e. The number of primary amides is 1. The molecule has 1 amide bonds. The number of rotatable bonds is 5. The number of aliphatic hydroxyl groups is 1. The molecule has 0 unspecified atom stereocenters. The summed E-state index contributed by atoms with van der Waals surface area (Å²) in [7, 11) is -3.42. The highest BCUT2D eigenvalue weighted by molar-refractivity contribution is 7.91. The van der Waals surface area contributed by atoms with Crippen molar-refractivity contribution in [2.45, 2.75) is 11.3 Å². The van der Waals surface area contributed by atoms with Gasteiger partial charge in [-0.2, -0.15) is 0 Å². The maximum absolute atomic E-state index is 11.5. The first-order chi connectivity index (χ1) is 7.45. The lowest BCUT2D eigenvalue weighted by molar-refractivity contribution is -0.117. The Labute approximate surface area is 93.8 Å².